The van der Waals surface area contributed by atoms with Gasteiger partial charge in [-0.15, -0.1) is 0 Å². The molecule has 1 amide bonds. The fraction of sp³-hybridized carbons (Fsp3) is 0.448. The molecule has 9 heteroatoms. The Balaban J connectivity index is 1.27. The van der Waals surface area contributed by atoms with Crippen LogP contribution < -0.4 is 4.74 Å². The first-order valence-corrected chi connectivity index (χ1v) is 13.5. The van der Waals surface area contributed by atoms with Crippen LogP contribution in [-0.4, -0.2) is 56.0 Å². The van der Waals surface area contributed by atoms with E-state index in [1.54, 1.807) is 20.8 Å². The molecular formula is C29H33ClN4O4. The van der Waals surface area contributed by atoms with Gasteiger partial charge in [0.05, 0.1) is 21.6 Å². The van der Waals surface area contributed by atoms with Crippen molar-refractivity contribution in [2.45, 2.75) is 59.0 Å². The highest BCUT2D eigenvalue weighted by Crippen LogP contribution is 2.39. The summed E-state index contributed by atoms with van der Waals surface area (Å²) in [6.07, 6.45) is 6.11. The first-order valence-electron chi connectivity index (χ1n) is 13.1. The number of carbonyl (C=O) groups excluding carboxylic acids is 1. The number of carboxylic acids is 1. The minimum atomic E-state index is -0.750. The summed E-state index contributed by atoms with van der Waals surface area (Å²) in [4.78, 5) is 37.5. The number of H-pyrrole nitrogens is 1. The number of hydrogen-bond donors (Lipinski definition) is 2. The third kappa shape index (κ3) is 5.27. The number of aromatic amines is 1. The second kappa shape index (κ2) is 10.4. The van der Waals surface area contributed by atoms with Crippen molar-refractivity contribution in [3.8, 4) is 17.3 Å². The number of halogens is 1. The molecule has 1 aliphatic heterocycles. The highest BCUT2D eigenvalue weighted by Gasteiger charge is 2.39. The van der Waals surface area contributed by atoms with E-state index in [0.29, 0.717) is 34.4 Å². The zero-order chi connectivity index (χ0) is 27.0. The number of pyridine rings is 1. The first kappa shape index (κ1) is 26.2. The molecule has 0 saturated heterocycles. The van der Waals surface area contributed by atoms with Crippen molar-refractivity contribution in [1.82, 2.24) is 19.9 Å². The molecule has 2 aromatic heterocycles. The van der Waals surface area contributed by atoms with Crippen LogP contribution in [0.25, 0.3) is 28.0 Å². The number of imidazole rings is 1. The highest BCUT2D eigenvalue weighted by atomic mass is 35.5. The fourth-order valence-corrected chi connectivity index (χ4v) is 5.71. The van der Waals surface area contributed by atoms with Crippen molar-refractivity contribution in [3.05, 3.63) is 47.0 Å². The van der Waals surface area contributed by atoms with Crippen LogP contribution >= 0.6 is 11.6 Å². The number of carbonyl (C=O) groups is 2. The van der Waals surface area contributed by atoms with Crippen molar-refractivity contribution in [2.75, 3.05) is 13.1 Å². The molecule has 1 aromatic carbocycles. The molecule has 5 rings (SSSR count). The molecule has 1 saturated carbocycles. The lowest BCUT2D eigenvalue weighted by atomic mass is 9.70. The van der Waals surface area contributed by atoms with Crippen molar-refractivity contribution in [2.24, 2.45) is 11.3 Å². The lowest BCUT2D eigenvalue weighted by Gasteiger charge is -2.36. The van der Waals surface area contributed by atoms with Crippen LogP contribution in [0.3, 0.4) is 0 Å². The van der Waals surface area contributed by atoms with Crippen LogP contribution in [0.5, 0.6) is 6.01 Å². The van der Waals surface area contributed by atoms with Gasteiger partial charge in [0.25, 0.3) is 6.01 Å². The standard InChI is InChI=1S/C29H33ClN4O4/c1-17(35)34-14-12-19(13-15-34)18-4-6-20(7-5-18)25-23(30)16-24-26(32-25)33-28(31-24)38-22-10-8-21(9-11-22)29(2,3)27(36)37/h4-7,12,16,21-22H,8-11,13-15H2,1-3H3,(H,36,37)(H,31,32,33)/t21-,22-. The lowest BCUT2D eigenvalue weighted by Crippen LogP contribution is -2.37. The third-order valence-electron chi connectivity index (χ3n) is 8.11. The summed E-state index contributed by atoms with van der Waals surface area (Å²) < 4.78 is 6.12. The molecule has 3 aromatic rings. The number of rotatable bonds is 6. The summed E-state index contributed by atoms with van der Waals surface area (Å²) in [6.45, 7) is 6.58. The van der Waals surface area contributed by atoms with E-state index in [1.807, 2.05) is 23.1 Å². The van der Waals surface area contributed by atoms with Crippen LogP contribution in [0.1, 0.15) is 58.4 Å². The Morgan fingerprint density at radius 3 is 2.39 bits per heavy atom. The van der Waals surface area contributed by atoms with Gasteiger partial charge in [0.2, 0.25) is 5.91 Å². The number of aliphatic carboxylic acids is 1. The summed E-state index contributed by atoms with van der Waals surface area (Å²) in [6, 6.07) is 10.4. The van der Waals surface area contributed by atoms with Gasteiger partial charge in [-0.2, -0.15) is 4.98 Å². The number of hydrogen-bond acceptors (Lipinski definition) is 5. The molecule has 0 atom stereocenters. The van der Waals surface area contributed by atoms with Crippen molar-refractivity contribution >= 4 is 40.2 Å². The molecule has 1 aliphatic carbocycles. The molecule has 0 bridgehead atoms. The Bertz CT molecular complexity index is 1390. The number of carboxylic acid groups (broad SMARTS) is 1. The Kier molecular flexibility index (Phi) is 7.18. The smallest absolute Gasteiger partial charge is 0.309 e. The first-order chi connectivity index (χ1) is 18.1. The third-order valence-corrected chi connectivity index (χ3v) is 8.40. The molecule has 0 spiro atoms. The number of nitrogens with zero attached hydrogens (tertiary/aromatic N) is 3. The fourth-order valence-electron chi connectivity index (χ4n) is 5.45. The maximum atomic E-state index is 11.6. The van der Waals surface area contributed by atoms with Gasteiger partial charge in [0.15, 0.2) is 5.65 Å². The Morgan fingerprint density at radius 1 is 1.11 bits per heavy atom. The Morgan fingerprint density at radius 2 is 1.79 bits per heavy atom. The summed E-state index contributed by atoms with van der Waals surface area (Å²) in [5.74, 6) is -0.514. The highest BCUT2D eigenvalue weighted by molar-refractivity contribution is 6.33. The van der Waals surface area contributed by atoms with Crippen LogP contribution in [0.2, 0.25) is 5.02 Å². The lowest BCUT2D eigenvalue weighted by molar-refractivity contribution is -0.151. The molecule has 200 valence electrons. The van der Waals surface area contributed by atoms with Gasteiger partial charge >= 0.3 is 5.97 Å². The summed E-state index contributed by atoms with van der Waals surface area (Å²) >= 11 is 6.61. The van der Waals surface area contributed by atoms with E-state index >= 15 is 0 Å². The topological polar surface area (TPSA) is 108 Å². The Labute approximate surface area is 227 Å². The minimum Gasteiger partial charge on any atom is -0.481 e. The molecule has 1 fully saturated rings. The molecular weight excluding hydrogens is 504 g/mol. The normalized spacial score (nSPS) is 20.3. The van der Waals surface area contributed by atoms with Crippen LogP contribution in [-0.2, 0) is 9.59 Å². The second-order valence-electron chi connectivity index (χ2n) is 10.9. The number of amides is 1. The van der Waals surface area contributed by atoms with Gasteiger partial charge in [-0.05, 0) is 69.1 Å². The van der Waals surface area contributed by atoms with Crippen LogP contribution in [0.4, 0.5) is 0 Å². The predicted octanol–water partition coefficient (Wildman–Crippen LogP) is 5.96. The van der Waals surface area contributed by atoms with Crippen LogP contribution in [0.15, 0.2) is 36.4 Å². The van der Waals surface area contributed by atoms with E-state index < -0.39 is 11.4 Å². The van der Waals surface area contributed by atoms with Crippen molar-refractivity contribution in [3.63, 3.8) is 0 Å². The summed E-state index contributed by atoms with van der Waals surface area (Å²) in [5.41, 5.74) is 4.41. The molecule has 0 radical (unpaired) electrons. The van der Waals surface area contributed by atoms with Gasteiger partial charge < -0.3 is 19.7 Å². The van der Waals surface area contributed by atoms with Crippen molar-refractivity contribution in [1.29, 1.82) is 0 Å². The van der Waals surface area contributed by atoms with E-state index in [-0.39, 0.29) is 17.9 Å². The maximum absolute atomic E-state index is 11.6. The van der Waals surface area contributed by atoms with Gasteiger partial charge in [-0.3, -0.25) is 9.59 Å². The van der Waals surface area contributed by atoms with Gasteiger partial charge in [-0.1, -0.05) is 41.9 Å². The summed E-state index contributed by atoms with van der Waals surface area (Å²) in [5, 5.41) is 10.0. The number of benzene rings is 1. The van der Waals surface area contributed by atoms with E-state index in [4.69, 9.17) is 21.3 Å². The van der Waals surface area contributed by atoms with Gasteiger partial charge in [0, 0.05) is 25.6 Å². The maximum Gasteiger partial charge on any atom is 0.309 e. The predicted molar refractivity (Wildman–Crippen MR) is 147 cm³/mol. The molecule has 3 heterocycles. The SMILES string of the molecule is CC(=O)N1CC=C(c2ccc(-c3nc4nc(O[C@H]5CC[C@H](C(C)(C)C(=O)O)CC5)[nH]c4cc3Cl)cc2)CC1. The number of fused-ring (bicyclic) bond motifs is 1. The minimum absolute atomic E-state index is 0.0180. The second-order valence-corrected chi connectivity index (χ2v) is 11.3. The van der Waals surface area contributed by atoms with Crippen molar-refractivity contribution < 1.29 is 19.4 Å². The average molecular weight is 537 g/mol. The number of nitrogens with one attached hydrogen (secondary N) is 1. The Hall–Kier alpha value is -3.39. The van der Waals surface area contributed by atoms with E-state index in [0.717, 1.165) is 49.8 Å². The monoisotopic (exact) mass is 536 g/mol. The molecule has 0 unspecified atom stereocenters. The molecule has 8 nitrogen and oxygen atoms in total. The van der Waals surface area contributed by atoms with Gasteiger partial charge in [-0.25, -0.2) is 4.98 Å². The quantitative estimate of drug-likeness (QED) is 0.402. The van der Waals surface area contributed by atoms with Crippen LogP contribution in [0, 0.1) is 11.3 Å². The van der Waals surface area contributed by atoms with E-state index in [1.165, 1.54) is 5.57 Å². The summed E-state index contributed by atoms with van der Waals surface area (Å²) in [7, 11) is 0. The molecule has 38 heavy (non-hydrogen) atoms. The molecule has 2 N–H and O–H groups in total. The van der Waals surface area contributed by atoms with E-state index in [2.05, 4.69) is 28.2 Å². The molecule has 2 aliphatic rings. The number of ether oxygens (including phenoxy) is 1. The van der Waals surface area contributed by atoms with E-state index in [9.17, 15) is 14.7 Å². The zero-order valence-electron chi connectivity index (χ0n) is 22.0. The van der Waals surface area contributed by atoms with Gasteiger partial charge in [0.1, 0.15) is 6.10 Å². The largest absolute Gasteiger partial charge is 0.481 e. The number of aromatic nitrogens is 3. The average Bonchev–Trinajstić information content (AvgIpc) is 3.29. The zero-order valence-corrected chi connectivity index (χ0v) is 22.7.